The molecule has 0 bridgehead atoms. The van der Waals surface area contributed by atoms with Gasteiger partial charge in [-0.3, -0.25) is 4.79 Å². The second-order valence-electron chi connectivity index (χ2n) is 3.44. The maximum Gasteiger partial charge on any atom is 0.220 e. The van der Waals surface area contributed by atoms with E-state index in [4.69, 9.17) is 4.74 Å². The molecule has 1 N–H and O–H groups in total. The van der Waals surface area contributed by atoms with Crippen LogP contribution in [0.2, 0.25) is 0 Å². The zero-order valence-electron chi connectivity index (χ0n) is 9.53. The number of hydrogen-bond donors (Lipinski definition) is 1. The molecule has 0 saturated carbocycles. The number of benzene rings is 1. The molecule has 1 amide bonds. The highest BCUT2D eigenvalue weighted by molar-refractivity contribution is 5.76. The van der Waals surface area contributed by atoms with Crippen molar-refractivity contribution in [2.24, 2.45) is 0 Å². The first-order valence-electron chi connectivity index (χ1n) is 5.27. The first-order valence-corrected chi connectivity index (χ1v) is 5.27. The van der Waals surface area contributed by atoms with Gasteiger partial charge in [-0.25, -0.2) is 0 Å². The molecule has 0 fully saturated rings. The van der Waals surface area contributed by atoms with E-state index in [2.05, 4.69) is 11.9 Å². The van der Waals surface area contributed by atoms with E-state index in [0.29, 0.717) is 13.0 Å². The fourth-order valence-corrected chi connectivity index (χ4v) is 1.36. The van der Waals surface area contributed by atoms with E-state index in [1.807, 2.05) is 24.3 Å². The Kier molecular flexibility index (Phi) is 5.12. The van der Waals surface area contributed by atoms with Gasteiger partial charge >= 0.3 is 0 Å². The largest absolute Gasteiger partial charge is 0.497 e. The number of hydrogen-bond acceptors (Lipinski definition) is 2. The maximum absolute atomic E-state index is 11.3. The lowest BCUT2D eigenvalue weighted by Crippen LogP contribution is -2.23. The fourth-order valence-electron chi connectivity index (χ4n) is 1.36. The summed E-state index contributed by atoms with van der Waals surface area (Å²) in [6.07, 6.45) is 2.88. The molecule has 3 heteroatoms. The van der Waals surface area contributed by atoms with Gasteiger partial charge in [-0.1, -0.05) is 18.2 Å². The van der Waals surface area contributed by atoms with Gasteiger partial charge in [-0.15, -0.1) is 6.58 Å². The second kappa shape index (κ2) is 6.67. The third-order valence-electron chi connectivity index (χ3n) is 2.22. The van der Waals surface area contributed by atoms with Crippen LogP contribution >= 0.6 is 0 Å². The lowest BCUT2D eigenvalue weighted by molar-refractivity contribution is -0.120. The van der Waals surface area contributed by atoms with Crippen molar-refractivity contribution in [3.8, 4) is 5.75 Å². The summed E-state index contributed by atoms with van der Waals surface area (Å²) in [6, 6.07) is 7.75. The van der Waals surface area contributed by atoms with Gasteiger partial charge in [-0.2, -0.15) is 0 Å². The van der Waals surface area contributed by atoms with Crippen LogP contribution in [0, 0.1) is 0 Å². The summed E-state index contributed by atoms with van der Waals surface area (Å²) in [6.45, 7) is 4.07. The third kappa shape index (κ3) is 4.17. The summed E-state index contributed by atoms with van der Waals surface area (Å²) in [7, 11) is 1.63. The molecule has 0 spiro atoms. The lowest BCUT2D eigenvalue weighted by Gasteiger charge is -2.04. The Labute approximate surface area is 96.1 Å². The molecule has 16 heavy (non-hydrogen) atoms. The van der Waals surface area contributed by atoms with Gasteiger partial charge in [0.15, 0.2) is 0 Å². The molecule has 0 aliphatic carbocycles. The van der Waals surface area contributed by atoms with E-state index in [9.17, 15) is 4.79 Å². The number of methoxy groups -OCH3 is 1. The molecule has 3 nitrogen and oxygen atoms in total. The summed E-state index contributed by atoms with van der Waals surface area (Å²) in [5.41, 5.74) is 1.10. The maximum atomic E-state index is 11.3. The summed E-state index contributed by atoms with van der Waals surface area (Å²) in [4.78, 5) is 11.3. The Hall–Kier alpha value is -1.77. The Bertz CT molecular complexity index is 361. The highest BCUT2D eigenvalue weighted by atomic mass is 16.5. The van der Waals surface area contributed by atoms with Crippen molar-refractivity contribution in [2.75, 3.05) is 13.7 Å². The molecule has 1 rings (SSSR count). The zero-order valence-corrected chi connectivity index (χ0v) is 9.53. The van der Waals surface area contributed by atoms with E-state index in [1.54, 1.807) is 13.2 Å². The monoisotopic (exact) mass is 219 g/mol. The van der Waals surface area contributed by atoms with E-state index in [0.717, 1.165) is 17.7 Å². The Morgan fingerprint density at radius 2 is 2.38 bits per heavy atom. The standard InChI is InChI=1S/C13H17NO2/c1-3-9-14-13(15)8-7-11-5-4-6-12(10-11)16-2/h3-6,10H,1,7-9H2,2H3,(H,14,15). The molecular weight excluding hydrogens is 202 g/mol. The molecule has 0 aromatic heterocycles. The predicted molar refractivity (Wildman–Crippen MR) is 64.5 cm³/mol. The molecule has 0 radical (unpaired) electrons. The highest BCUT2D eigenvalue weighted by Gasteiger charge is 2.01. The predicted octanol–water partition coefficient (Wildman–Crippen LogP) is 1.93. The van der Waals surface area contributed by atoms with Crippen molar-refractivity contribution in [2.45, 2.75) is 12.8 Å². The summed E-state index contributed by atoms with van der Waals surface area (Å²) in [5.74, 6) is 0.867. The fraction of sp³-hybridized carbons (Fsp3) is 0.308. The smallest absolute Gasteiger partial charge is 0.220 e. The molecule has 86 valence electrons. The van der Waals surface area contributed by atoms with Crippen molar-refractivity contribution < 1.29 is 9.53 Å². The normalized spacial score (nSPS) is 9.56. The summed E-state index contributed by atoms with van der Waals surface area (Å²) >= 11 is 0. The number of nitrogens with one attached hydrogen (secondary N) is 1. The highest BCUT2D eigenvalue weighted by Crippen LogP contribution is 2.13. The van der Waals surface area contributed by atoms with Crippen molar-refractivity contribution in [3.63, 3.8) is 0 Å². The Balaban J connectivity index is 2.41. The number of rotatable bonds is 6. The van der Waals surface area contributed by atoms with E-state index in [-0.39, 0.29) is 5.91 Å². The van der Waals surface area contributed by atoms with Crippen LogP contribution in [0.1, 0.15) is 12.0 Å². The van der Waals surface area contributed by atoms with Gasteiger partial charge in [-0.05, 0) is 24.1 Å². The van der Waals surface area contributed by atoms with Crippen molar-refractivity contribution >= 4 is 5.91 Å². The average molecular weight is 219 g/mol. The second-order valence-corrected chi connectivity index (χ2v) is 3.44. The van der Waals surface area contributed by atoms with Crippen LogP contribution < -0.4 is 10.1 Å². The lowest BCUT2D eigenvalue weighted by atomic mass is 10.1. The van der Waals surface area contributed by atoms with E-state index < -0.39 is 0 Å². The van der Waals surface area contributed by atoms with Gasteiger partial charge in [0.2, 0.25) is 5.91 Å². The van der Waals surface area contributed by atoms with E-state index in [1.165, 1.54) is 0 Å². The molecule has 1 aromatic carbocycles. The van der Waals surface area contributed by atoms with E-state index >= 15 is 0 Å². The van der Waals surface area contributed by atoms with Crippen LogP contribution in [0.25, 0.3) is 0 Å². The van der Waals surface area contributed by atoms with Crippen LogP contribution in [-0.2, 0) is 11.2 Å². The zero-order chi connectivity index (χ0) is 11.8. The van der Waals surface area contributed by atoms with Crippen LogP contribution in [0.4, 0.5) is 0 Å². The first kappa shape index (κ1) is 12.3. The molecule has 0 unspecified atom stereocenters. The number of amides is 1. The van der Waals surface area contributed by atoms with Gasteiger partial charge in [0.25, 0.3) is 0 Å². The number of ether oxygens (including phenoxy) is 1. The Morgan fingerprint density at radius 1 is 1.56 bits per heavy atom. The Morgan fingerprint density at radius 3 is 3.06 bits per heavy atom. The molecule has 1 aromatic rings. The SMILES string of the molecule is C=CCNC(=O)CCc1cccc(OC)c1. The topological polar surface area (TPSA) is 38.3 Å². The average Bonchev–Trinajstić information content (AvgIpc) is 2.34. The molecular formula is C13H17NO2. The van der Waals surface area contributed by atoms with Gasteiger partial charge in [0.05, 0.1) is 7.11 Å². The minimum absolute atomic E-state index is 0.0442. The van der Waals surface area contributed by atoms with Gasteiger partial charge in [0.1, 0.15) is 5.75 Å². The third-order valence-corrected chi connectivity index (χ3v) is 2.22. The van der Waals surface area contributed by atoms with Crippen molar-refractivity contribution in [3.05, 3.63) is 42.5 Å². The van der Waals surface area contributed by atoms with Crippen LogP contribution in [0.3, 0.4) is 0 Å². The van der Waals surface area contributed by atoms with Gasteiger partial charge < -0.3 is 10.1 Å². The summed E-state index contributed by atoms with van der Waals surface area (Å²) in [5, 5.41) is 2.74. The quantitative estimate of drug-likeness (QED) is 0.742. The number of carbonyl (C=O) groups is 1. The summed E-state index contributed by atoms with van der Waals surface area (Å²) < 4.78 is 5.11. The molecule has 0 aliphatic rings. The minimum atomic E-state index is 0.0442. The number of carbonyl (C=O) groups excluding carboxylic acids is 1. The van der Waals surface area contributed by atoms with Crippen LogP contribution in [0.15, 0.2) is 36.9 Å². The molecule has 0 saturated heterocycles. The van der Waals surface area contributed by atoms with Crippen LogP contribution in [-0.4, -0.2) is 19.6 Å². The van der Waals surface area contributed by atoms with Gasteiger partial charge in [0, 0.05) is 13.0 Å². The molecule has 0 aliphatic heterocycles. The molecule has 0 atom stereocenters. The first-order chi connectivity index (χ1) is 7.76. The molecule has 0 heterocycles. The minimum Gasteiger partial charge on any atom is -0.497 e. The van der Waals surface area contributed by atoms with Crippen LogP contribution in [0.5, 0.6) is 5.75 Å². The number of aryl methyl sites for hydroxylation is 1. The van der Waals surface area contributed by atoms with Crippen molar-refractivity contribution in [1.82, 2.24) is 5.32 Å². The van der Waals surface area contributed by atoms with Crippen molar-refractivity contribution in [1.29, 1.82) is 0 Å².